The normalized spacial score (nSPS) is 14.4. The molecule has 0 aromatic carbocycles. The van der Waals surface area contributed by atoms with E-state index in [4.69, 9.17) is 11.6 Å². The number of nitrogens with one attached hydrogen (secondary N) is 1. The first-order chi connectivity index (χ1) is 11.6. The van der Waals surface area contributed by atoms with Crippen LogP contribution in [0.15, 0.2) is 42.7 Å². The number of hydrogen-bond acceptors (Lipinski definition) is 5. The second-order valence-electron chi connectivity index (χ2n) is 5.28. The number of carbonyl (C=O) groups excluding carboxylic acids is 2. The first-order valence-electron chi connectivity index (χ1n) is 7.51. The van der Waals surface area contributed by atoms with E-state index < -0.39 is 11.8 Å². The zero-order valence-corrected chi connectivity index (χ0v) is 13.6. The van der Waals surface area contributed by atoms with Gasteiger partial charge in [-0.3, -0.25) is 9.59 Å². The van der Waals surface area contributed by atoms with Gasteiger partial charge in [0.1, 0.15) is 11.6 Å². The Bertz CT molecular complexity index is 715. The maximum Gasteiger partial charge on any atom is 0.315 e. The van der Waals surface area contributed by atoms with Crippen molar-refractivity contribution in [3.8, 4) is 0 Å². The van der Waals surface area contributed by atoms with Crippen molar-refractivity contribution in [3.63, 3.8) is 0 Å². The van der Waals surface area contributed by atoms with Crippen LogP contribution in [0.3, 0.4) is 0 Å². The molecule has 1 aliphatic rings. The minimum Gasteiger partial charge on any atom is -0.353 e. The molecule has 7 nitrogen and oxygen atoms in total. The third-order valence-corrected chi connectivity index (χ3v) is 3.93. The molecule has 0 unspecified atom stereocenters. The lowest BCUT2D eigenvalue weighted by Gasteiger charge is -2.34. The predicted molar refractivity (Wildman–Crippen MR) is 90.9 cm³/mol. The molecule has 124 valence electrons. The van der Waals surface area contributed by atoms with E-state index in [0.717, 1.165) is 5.82 Å². The van der Waals surface area contributed by atoms with Crippen LogP contribution in [0.1, 0.15) is 0 Å². The van der Waals surface area contributed by atoms with Gasteiger partial charge in [0.2, 0.25) is 0 Å². The van der Waals surface area contributed by atoms with Crippen LogP contribution < -0.4 is 10.2 Å². The minimum atomic E-state index is -0.698. The van der Waals surface area contributed by atoms with E-state index in [1.165, 1.54) is 11.1 Å². The molecule has 1 fully saturated rings. The van der Waals surface area contributed by atoms with Gasteiger partial charge in [-0.1, -0.05) is 17.7 Å². The summed E-state index contributed by atoms with van der Waals surface area (Å²) in [6.45, 7) is 2.21. The quantitative estimate of drug-likeness (QED) is 0.833. The lowest BCUT2D eigenvalue weighted by Crippen LogP contribution is -2.51. The highest BCUT2D eigenvalue weighted by Gasteiger charge is 2.26. The van der Waals surface area contributed by atoms with Crippen LogP contribution in [0.4, 0.5) is 11.6 Å². The number of hydrogen-bond donors (Lipinski definition) is 1. The molecule has 2 aromatic heterocycles. The van der Waals surface area contributed by atoms with Crippen molar-refractivity contribution in [3.05, 3.63) is 47.7 Å². The molecule has 3 rings (SSSR count). The Morgan fingerprint density at radius 2 is 1.83 bits per heavy atom. The SMILES string of the molecule is O=C(Nc1ccc(Cl)cn1)C(=O)N1CCN(c2ccccn2)CC1. The largest absolute Gasteiger partial charge is 0.353 e. The van der Waals surface area contributed by atoms with Crippen molar-refractivity contribution >= 4 is 35.1 Å². The maximum absolute atomic E-state index is 12.2. The molecular formula is C16H16ClN5O2. The van der Waals surface area contributed by atoms with Gasteiger partial charge < -0.3 is 15.1 Å². The molecular weight excluding hydrogens is 330 g/mol. The highest BCUT2D eigenvalue weighted by atomic mass is 35.5. The molecule has 1 N–H and O–H groups in total. The fourth-order valence-electron chi connectivity index (χ4n) is 2.44. The van der Waals surface area contributed by atoms with Gasteiger partial charge in [0.15, 0.2) is 0 Å². The van der Waals surface area contributed by atoms with E-state index in [1.807, 2.05) is 18.2 Å². The summed E-state index contributed by atoms with van der Waals surface area (Å²) >= 11 is 5.74. The van der Waals surface area contributed by atoms with Crippen LogP contribution in [-0.2, 0) is 9.59 Å². The summed E-state index contributed by atoms with van der Waals surface area (Å²) in [7, 11) is 0. The van der Waals surface area contributed by atoms with Crippen LogP contribution in [0.5, 0.6) is 0 Å². The second kappa shape index (κ2) is 7.27. The number of rotatable bonds is 2. The summed E-state index contributed by atoms with van der Waals surface area (Å²) < 4.78 is 0. The number of halogens is 1. The van der Waals surface area contributed by atoms with Gasteiger partial charge in [-0.05, 0) is 24.3 Å². The van der Waals surface area contributed by atoms with E-state index in [0.29, 0.717) is 37.0 Å². The Morgan fingerprint density at radius 3 is 2.46 bits per heavy atom. The maximum atomic E-state index is 12.2. The molecule has 2 amide bonds. The summed E-state index contributed by atoms with van der Waals surface area (Å²) in [6.07, 6.45) is 3.15. The molecule has 0 aliphatic carbocycles. The van der Waals surface area contributed by atoms with Gasteiger partial charge in [0.05, 0.1) is 5.02 Å². The van der Waals surface area contributed by atoms with Crippen molar-refractivity contribution in [1.29, 1.82) is 0 Å². The Kier molecular flexibility index (Phi) is 4.90. The summed E-state index contributed by atoms with van der Waals surface area (Å²) in [5.41, 5.74) is 0. The molecule has 1 saturated heterocycles. The number of amides is 2. The summed E-state index contributed by atoms with van der Waals surface area (Å²) in [6, 6.07) is 8.86. The Labute approximate surface area is 144 Å². The van der Waals surface area contributed by atoms with Crippen LogP contribution in [-0.4, -0.2) is 52.9 Å². The van der Waals surface area contributed by atoms with Gasteiger partial charge in [-0.25, -0.2) is 9.97 Å². The van der Waals surface area contributed by atoms with Crippen LogP contribution >= 0.6 is 11.6 Å². The van der Waals surface area contributed by atoms with Gasteiger partial charge in [0.25, 0.3) is 0 Å². The Balaban J connectivity index is 1.54. The number of pyridine rings is 2. The van der Waals surface area contributed by atoms with Crippen molar-refractivity contribution < 1.29 is 9.59 Å². The topological polar surface area (TPSA) is 78.4 Å². The van der Waals surface area contributed by atoms with E-state index >= 15 is 0 Å². The molecule has 0 spiro atoms. The first kappa shape index (κ1) is 16.2. The molecule has 3 heterocycles. The minimum absolute atomic E-state index is 0.296. The number of anilines is 2. The smallest absolute Gasteiger partial charge is 0.315 e. The molecule has 0 bridgehead atoms. The monoisotopic (exact) mass is 345 g/mol. The molecule has 1 aliphatic heterocycles. The van der Waals surface area contributed by atoms with Crippen LogP contribution in [0, 0.1) is 0 Å². The zero-order valence-electron chi connectivity index (χ0n) is 12.9. The van der Waals surface area contributed by atoms with Crippen LogP contribution in [0.25, 0.3) is 0 Å². The van der Waals surface area contributed by atoms with E-state index in [9.17, 15) is 9.59 Å². The van der Waals surface area contributed by atoms with Gasteiger partial charge in [-0.2, -0.15) is 0 Å². The predicted octanol–water partition coefficient (Wildman–Crippen LogP) is 1.42. The lowest BCUT2D eigenvalue weighted by atomic mass is 10.3. The molecule has 8 heteroatoms. The first-order valence-corrected chi connectivity index (χ1v) is 7.89. The van der Waals surface area contributed by atoms with Crippen molar-refractivity contribution in [2.24, 2.45) is 0 Å². The summed E-state index contributed by atoms with van der Waals surface area (Å²) in [5.74, 6) is -0.0900. The van der Waals surface area contributed by atoms with Gasteiger partial charge in [0, 0.05) is 38.6 Å². The van der Waals surface area contributed by atoms with E-state index in [-0.39, 0.29) is 0 Å². The molecule has 24 heavy (non-hydrogen) atoms. The third-order valence-electron chi connectivity index (χ3n) is 3.70. The lowest BCUT2D eigenvalue weighted by molar-refractivity contribution is -0.143. The molecule has 0 saturated carbocycles. The average Bonchev–Trinajstić information content (AvgIpc) is 2.64. The fraction of sp³-hybridized carbons (Fsp3) is 0.250. The second-order valence-corrected chi connectivity index (χ2v) is 5.72. The van der Waals surface area contributed by atoms with Crippen molar-refractivity contribution in [1.82, 2.24) is 14.9 Å². The number of nitrogens with zero attached hydrogens (tertiary/aromatic N) is 4. The van der Waals surface area contributed by atoms with Crippen molar-refractivity contribution in [2.45, 2.75) is 0 Å². The van der Waals surface area contributed by atoms with E-state index in [1.54, 1.807) is 18.3 Å². The number of carbonyl (C=O) groups is 2. The molecule has 0 atom stereocenters. The van der Waals surface area contributed by atoms with Crippen LogP contribution in [0.2, 0.25) is 5.02 Å². The highest BCUT2D eigenvalue weighted by molar-refractivity contribution is 6.39. The number of aromatic nitrogens is 2. The standard InChI is InChI=1S/C16H16ClN5O2/c17-12-4-5-13(19-11-12)20-15(23)16(24)22-9-7-21(8-10-22)14-3-1-2-6-18-14/h1-6,11H,7-10H2,(H,19,20,23). The Hall–Kier alpha value is -2.67. The Morgan fingerprint density at radius 1 is 1.04 bits per heavy atom. The average molecular weight is 346 g/mol. The van der Waals surface area contributed by atoms with E-state index in [2.05, 4.69) is 20.2 Å². The number of piperazine rings is 1. The summed E-state index contributed by atoms with van der Waals surface area (Å²) in [4.78, 5) is 36.1. The van der Waals surface area contributed by atoms with Gasteiger partial charge in [-0.15, -0.1) is 0 Å². The zero-order chi connectivity index (χ0) is 16.9. The van der Waals surface area contributed by atoms with Gasteiger partial charge >= 0.3 is 11.8 Å². The molecule has 0 radical (unpaired) electrons. The van der Waals surface area contributed by atoms with Crippen molar-refractivity contribution in [2.75, 3.05) is 36.4 Å². The fourth-order valence-corrected chi connectivity index (χ4v) is 2.55. The third kappa shape index (κ3) is 3.80. The summed E-state index contributed by atoms with van der Waals surface area (Å²) in [5, 5.41) is 2.95. The highest BCUT2D eigenvalue weighted by Crippen LogP contribution is 2.13. The molecule has 2 aromatic rings.